The lowest BCUT2D eigenvalue weighted by molar-refractivity contribution is -0.386. The van der Waals surface area contributed by atoms with Gasteiger partial charge in [0, 0.05) is 23.0 Å². The smallest absolute Gasteiger partial charge is 0.331 e. The number of hydrogen-bond acceptors (Lipinski definition) is 9. The van der Waals surface area contributed by atoms with E-state index >= 15 is 0 Å². The lowest BCUT2D eigenvalue weighted by Gasteiger charge is -2.12. The van der Waals surface area contributed by atoms with Crippen LogP contribution in [0.5, 0.6) is 17.4 Å². The third-order valence-corrected chi connectivity index (χ3v) is 6.10. The van der Waals surface area contributed by atoms with Crippen LogP contribution >= 0.6 is 23.4 Å². The molecule has 1 fully saturated rings. The molecule has 188 valence electrons. The van der Waals surface area contributed by atoms with E-state index in [2.05, 4.69) is 10.3 Å². The van der Waals surface area contributed by atoms with Crippen LogP contribution in [-0.4, -0.2) is 45.5 Å². The zero-order valence-electron chi connectivity index (χ0n) is 19.0. The predicted octanol–water partition coefficient (Wildman–Crippen LogP) is 5.12. The first-order valence-corrected chi connectivity index (χ1v) is 11.7. The molecule has 0 bridgehead atoms. The van der Waals surface area contributed by atoms with Crippen molar-refractivity contribution in [2.45, 2.75) is 0 Å². The number of benzene rings is 2. The van der Waals surface area contributed by atoms with Crippen LogP contribution in [0.4, 0.5) is 16.2 Å². The first kappa shape index (κ1) is 25.7. The number of anilines is 1. The second-order valence-electron chi connectivity index (χ2n) is 7.42. The molecule has 1 saturated heterocycles. The molecule has 0 unspecified atom stereocenters. The summed E-state index contributed by atoms with van der Waals surface area (Å²) in [6, 6.07) is 13.7. The summed E-state index contributed by atoms with van der Waals surface area (Å²) in [7, 11) is 1.38. The molecule has 37 heavy (non-hydrogen) atoms. The Morgan fingerprint density at radius 3 is 2.65 bits per heavy atom. The monoisotopic (exact) mass is 540 g/mol. The fourth-order valence-corrected chi connectivity index (χ4v) is 4.19. The van der Waals surface area contributed by atoms with Crippen LogP contribution in [0.2, 0.25) is 5.02 Å². The summed E-state index contributed by atoms with van der Waals surface area (Å²) >= 11 is 6.52. The highest BCUT2D eigenvalue weighted by Crippen LogP contribution is 2.37. The normalized spacial score (nSPS) is 14.1. The SMILES string of the molecule is COc1cc(/C=C2\SC(=O)N(CC(=O)Nc3ccc(Cl)cc3)C2=O)ccc1Oc1ncccc1[N+](=O)[O-]. The molecule has 2 aromatic carbocycles. The van der Waals surface area contributed by atoms with Gasteiger partial charge in [-0.2, -0.15) is 0 Å². The fraction of sp³-hybridized carbons (Fsp3) is 0.0833. The Morgan fingerprint density at radius 2 is 1.95 bits per heavy atom. The Hall–Kier alpha value is -4.42. The fourth-order valence-electron chi connectivity index (χ4n) is 3.23. The maximum atomic E-state index is 12.8. The van der Waals surface area contributed by atoms with Crippen LogP contribution in [0.1, 0.15) is 5.56 Å². The van der Waals surface area contributed by atoms with Gasteiger partial charge in [0.15, 0.2) is 11.5 Å². The number of aromatic nitrogens is 1. The highest BCUT2D eigenvalue weighted by molar-refractivity contribution is 8.18. The van der Waals surface area contributed by atoms with Gasteiger partial charge in [0.25, 0.3) is 17.0 Å². The minimum atomic E-state index is -0.621. The standard InChI is InChI=1S/C24H17ClN4O7S/c1-35-19-11-14(4-9-18(19)36-22-17(29(33)34)3-2-10-26-22)12-20-23(31)28(24(32)37-20)13-21(30)27-16-7-5-15(25)6-8-16/h2-12H,13H2,1H3,(H,27,30)/b20-12-. The summed E-state index contributed by atoms with van der Waals surface area (Å²) in [5.41, 5.74) is 0.653. The lowest BCUT2D eigenvalue weighted by Crippen LogP contribution is -2.36. The Morgan fingerprint density at radius 1 is 1.19 bits per heavy atom. The molecule has 0 aliphatic carbocycles. The van der Waals surface area contributed by atoms with E-state index in [9.17, 15) is 24.5 Å². The summed E-state index contributed by atoms with van der Waals surface area (Å²) in [5, 5.41) is 13.7. The van der Waals surface area contributed by atoms with E-state index in [-0.39, 0.29) is 28.0 Å². The summed E-state index contributed by atoms with van der Waals surface area (Å²) < 4.78 is 10.9. The number of thioether (sulfide) groups is 1. The van der Waals surface area contributed by atoms with Crippen molar-refractivity contribution in [3.8, 4) is 17.4 Å². The largest absolute Gasteiger partial charge is 0.493 e. The molecule has 0 atom stereocenters. The van der Waals surface area contributed by atoms with Gasteiger partial charge in [-0.25, -0.2) is 4.98 Å². The zero-order valence-corrected chi connectivity index (χ0v) is 20.6. The maximum absolute atomic E-state index is 12.8. The number of carbonyl (C=O) groups is 3. The van der Waals surface area contributed by atoms with Crippen LogP contribution in [-0.2, 0) is 9.59 Å². The summed E-state index contributed by atoms with van der Waals surface area (Å²) in [6.45, 7) is -0.455. The number of nitrogens with one attached hydrogen (secondary N) is 1. The zero-order chi connectivity index (χ0) is 26.5. The number of ether oxygens (including phenoxy) is 2. The minimum Gasteiger partial charge on any atom is -0.493 e. The second-order valence-corrected chi connectivity index (χ2v) is 8.85. The molecule has 3 amide bonds. The van der Waals surface area contributed by atoms with Gasteiger partial charge < -0.3 is 14.8 Å². The van der Waals surface area contributed by atoms with Crippen LogP contribution in [0.25, 0.3) is 6.08 Å². The minimum absolute atomic E-state index is 0.111. The number of carbonyl (C=O) groups excluding carboxylic acids is 3. The highest BCUT2D eigenvalue weighted by atomic mass is 35.5. The number of rotatable bonds is 8. The van der Waals surface area contributed by atoms with Gasteiger partial charge in [0.2, 0.25) is 5.91 Å². The lowest BCUT2D eigenvalue weighted by atomic mass is 10.2. The van der Waals surface area contributed by atoms with Crippen molar-refractivity contribution in [1.82, 2.24) is 9.88 Å². The molecule has 1 N–H and O–H groups in total. The van der Waals surface area contributed by atoms with Gasteiger partial charge in [0.1, 0.15) is 6.54 Å². The van der Waals surface area contributed by atoms with Gasteiger partial charge >= 0.3 is 5.69 Å². The number of imide groups is 1. The number of amides is 3. The number of halogens is 1. The van der Waals surface area contributed by atoms with Crippen LogP contribution < -0.4 is 14.8 Å². The van der Waals surface area contributed by atoms with E-state index in [0.717, 1.165) is 4.90 Å². The molecule has 0 spiro atoms. The van der Waals surface area contributed by atoms with Crippen LogP contribution in [0, 0.1) is 10.1 Å². The first-order valence-electron chi connectivity index (χ1n) is 10.5. The average molecular weight is 541 g/mol. The predicted molar refractivity (Wildman–Crippen MR) is 137 cm³/mol. The highest BCUT2D eigenvalue weighted by Gasteiger charge is 2.36. The summed E-state index contributed by atoms with van der Waals surface area (Å²) in [6.07, 6.45) is 2.83. The van der Waals surface area contributed by atoms with Crippen molar-refractivity contribution < 1.29 is 28.8 Å². The van der Waals surface area contributed by atoms with Gasteiger partial charge in [-0.15, -0.1) is 0 Å². The van der Waals surface area contributed by atoms with Crippen LogP contribution in [0.3, 0.4) is 0 Å². The second kappa shape index (κ2) is 11.1. The molecule has 0 radical (unpaired) electrons. The van der Waals surface area contributed by atoms with Crippen molar-refractivity contribution in [2.24, 2.45) is 0 Å². The number of methoxy groups -OCH3 is 1. The molecule has 3 aromatic rings. The van der Waals surface area contributed by atoms with Crippen molar-refractivity contribution in [3.05, 3.63) is 86.4 Å². The number of hydrogen-bond donors (Lipinski definition) is 1. The third kappa shape index (κ3) is 6.05. The molecule has 11 nitrogen and oxygen atoms in total. The molecule has 13 heteroatoms. The van der Waals surface area contributed by atoms with Crippen molar-refractivity contribution in [1.29, 1.82) is 0 Å². The summed E-state index contributed by atoms with van der Waals surface area (Å²) in [5.74, 6) is -0.998. The van der Waals surface area contributed by atoms with Crippen molar-refractivity contribution >= 4 is 57.9 Å². The molecule has 0 saturated carbocycles. The Bertz CT molecular complexity index is 1430. The van der Waals surface area contributed by atoms with E-state index < -0.39 is 28.5 Å². The third-order valence-electron chi connectivity index (χ3n) is 4.94. The Balaban J connectivity index is 1.48. The van der Waals surface area contributed by atoms with E-state index in [1.165, 1.54) is 43.6 Å². The Kier molecular flexibility index (Phi) is 7.70. The maximum Gasteiger partial charge on any atom is 0.331 e. The van der Waals surface area contributed by atoms with Gasteiger partial charge in [-0.1, -0.05) is 17.7 Å². The van der Waals surface area contributed by atoms with Gasteiger partial charge in [-0.05, 0) is 65.9 Å². The molecule has 2 heterocycles. The molecule has 4 rings (SSSR count). The number of nitrogens with zero attached hydrogens (tertiary/aromatic N) is 3. The molecular formula is C24H17ClN4O7S. The van der Waals surface area contributed by atoms with Crippen LogP contribution in [0.15, 0.2) is 65.7 Å². The molecule has 1 aliphatic rings. The van der Waals surface area contributed by atoms with E-state index in [1.54, 1.807) is 30.3 Å². The quantitative estimate of drug-likeness (QED) is 0.234. The number of pyridine rings is 1. The number of nitro groups is 1. The van der Waals surface area contributed by atoms with E-state index in [4.69, 9.17) is 21.1 Å². The van der Waals surface area contributed by atoms with Crippen molar-refractivity contribution in [2.75, 3.05) is 19.0 Å². The molecule has 1 aliphatic heterocycles. The average Bonchev–Trinajstić information content (AvgIpc) is 3.13. The molecular weight excluding hydrogens is 524 g/mol. The van der Waals surface area contributed by atoms with Crippen molar-refractivity contribution in [3.63, 3.8) is 0 Å². The Labute approximate surface area is 219 Å². The van der Waals surface area contributed by atoms with Gasteiger partial charge in [-0.3, -0.25) is 29.4 Å². The molecule has 1 aromatic heterocycles. The first-order chi connectivity index (χ1) is 17.7. The summed E-state index contributed by atoms with van der Waals surface area (Å²) in [4.78, 5) is 53.0. The topological polar surface area (TPSA) is 141 Å². The van der Waals surface area contributed by atoms with E-state index in [1.807, 2.05) is 0 Å². The van der Waals surface area contributed by atoms with Gasteiger partial charge in [0.05, 0.1) is 16.9 Å². The van der Waals surface area contributed by atoms with E-state index in [0.29, 0.717) is 28.0 Å².